The number of hydrogen-bond acceptors (Lipinski definition) is 5. The number of halogens is 1. The predicted molar refractivity (Wildman–Crippen MR) is 110 cm³/mol. The number of anilines is 1. The summed E-state index contributed by atoms with van der Waals surface area (Å²) >= 11 is 6.07. The highest BCUT2D eigenvalue weighted by molar-refractivity contribution is 7.89. The van der Waals surface area contributed by atoms with Crippen LogP contribution >= 0.6 is 11.6 Å². The lowest BCUT2D eigenvalue weighted by Crippen LogP contribution is -2.20. The summed E-state index contributed by atoms with van der Waals surface area (Å²) in [5, 5.41) is 2.84. The first-order chi connectivity index (χ1) is 13.8. The highest BCUT2D eigenvalue weighted by Gasteiger charge is 2.17. The number of ether oxygens (including phenoxy) is 1. The van der Waals surface area contributed by atoms with E-state index in [1.165, 1.54) is 25.2 Å². The van der Waals surface area contributed by atoms with E-state index < -0.39 is 15.9 Å². The molecule has 0 aliphatic heterocycles. The molecular weight excluding hydrogens is 416 g/mol. The second kappa shape index (κ2) is 8.64. The zero-order valence-electron chi connectivity index (χ0n) is 15.7. The number of rotatable bonds is 7. The molecular formula is C19H19ClN4O4S. The fourth-order valence-corrected chi connectivity index (χ4v) is 3.44. The summed E-state index contributed by atoms with van der Waals surface area (Å²) in [5.41, 5.74) is 0.565. The van der Waals surface area contributed by atoms with Crippen LogP contribution in [0.3, 0.4) is 0 Å². The Morgan fingerprint density at radius 2 is 1.93 bits per heavy atom. The highest BCUT2D eigenvalue weighted by Crippen LogP contribution is 2.23. The number of benzene rings is 2. The molecule has 8 nitrogen and oxygen atoms in total. The largest absolute Gasteiger partial charge is 0.486 e. The predicted octanol–water partition coefficient (Wildman–Crippen LogP) is 2.81. The van der Waals surface area contributed by atoms with E-state index in [2.05, 4.69) is 15.0 Å². The Kier molecular flexibility index (Phi) is 6.21. The fourth-order valence-electron chi connectivity index (χ4n) is 2.48. The zero-order valence-corrected chi connectivity index (χ0v) is 17.3. The quantitative estimate of drug-likeness (QED) is 0.595. The van der Waals surface area contributed by atoms with Gasteiger partial charge < -0.3 is 14.6 Å². The van der Waals surface area contributed by atoms with E-state index in [-0.39, 0.29) is 15.5 Å². The number of carbonyl (C=O) groups excluding carboxylic acids is 1. The lowest BCUT2D eigenvalue weighted by atomic mass is 10.2. The van der Waals surface area contributed by atoms with Gasteiger partial charge >= 0.3 is 0 Å². The summed E-state index contributed by atoms with van der Waals surface area (Å²) in [4.78, 5) is 16.7. The smallest absolute Gasteiger partial charge is 0.257 e. The van der Waals surface area contributed by atoms with Crippen molar-refractivity contribution in [3.05, 3.63) is 71.3 Å². The number of aromatic nitrogens is 2. The van der Waals surface area contributed by atoms with Crippen molar-refractivity contribution in [2.24, 2.45) is 7.05 Å². The second-order valence-corrected chi connectivity index (χ2v) is 8.36. The Balaban J connectivity index is 1.69. The van der Waals surface area contributed by atoms with E-state index in [0.29, 0.717) is 18.0 Å². The van der Waals surface area contributed by atoms with Crippen molar-refractivity contribution in [1.82, 2.24) is 14.3 Å². The summed E-state index contributed by atoms with van der Waals surface area (Å²) in [6.07, 6.45) is 3.53. The second-order valence-electron chi connectivity index (χ2n) is 6.07. The van der Waals surface area contributed by atoms with Crippen LogP contribution in [0.5, 0.6) is 5.75 Å². The van der Waals surface area contributed by atoms with Crippen molar-refractivity contribution < 1.29 is 17.9 Å². The van der Waals surface area contributed by atoms with Crippen LogP contribution in [0.25, 0.3) is 0 Å². The molecule has 152 valence electrons. The van der Waals surface area contributed by atoms with Crippen LogP contribution in [0.2, 0.25) is 5.02 Å². The summed E-state index contributed by atoms with van der Waals surface area (Å²) in [5.74, 6) is 0.879. The van der Waals surface area contributed by atoms with Gasteiger partial charge in [0.25, 0.3) is 5.91 Å². The number of amides is 1. The minimum absolute atomic E-state index is 0.0485. The Morgan fingerprint density at radius 1 is 1.21 bits per heavy atom. The van der Waals surface area contributed by atoms with Gasteiger partial charge in [-0.2, -0.15) is 0 Å². The molecule has 0 saturated carbocycles. The molecule has 2 N–H and O–H groups in total. The van der Waals surface area contributed by atoms with Crippen LogP contribution < -0.4 is 14.8 Å². The van der Waals surface area contributed by atoms with E-state index >= 15 is 0 Å². The van der Waals surface area contributed by atoms with Crippen molar-refractivity contribution in [1.29, 1.82) is 0 Å². The lowest BCUT2D eigenvalue weighted by molar-refractivity contribution is 0.102. The lowest BCUT2D eigenvalue weighted by Gasteiger charge is -2.10. The molecule has 2 aromatic carbocycles. The average Bonchev–Trinajstić information content (AvgIpc) is 3.12. The van der Waals surface area contributed by atoms with Crippen molar-refractivity contribution in [3.8, 4) is 5.75 Å². The van der Waals surface area contributed by atoms with Gasteiger partial charge in [0, 0.05) is 25.1 Å². The van der Waals surface area contributed by atoms with Crippen LogP contribution in [-0.2, 0) is 23.7 Å². The van der Waals surface area contributed by atoms with Gasteiger partial charge in [-0.25, -0.2) is 18.1 Å². The van der Waals surface area contributed by atoms with Crippen molar-refractivity contribution in [2.75, 3.05) is 12.4 Å². The van der Waals surface area contributed by atoms with Crippen LogP contribution in [0.1, 0.15) is 16.2 Å². The molecule has 0 aliphatic rings. The van der Waals surface area contributed by atoms with Gasteiger partial charge in [-0.3, -0.25) is 4.79 Å². The average molecular weight is 435 g/mol. The van der Waals surface area contributed by atoms with Gasteiger partial charge in [-0.15, -0.1) is 0 Å². The van der Waals surface area contributed by atoms with E-state index in [1.54, 1.807) is 30.5 Å². The molecule has 1 aromatic heterocycles. The minimum atomic E-state index is -3.69. The molecule has 3 aromatic rings. The molecule has 10 heteroatoms. The first-order valence-corrected chi connectivity index (χ1v) is 10.4. The molecule has 0 atom stereocenters. The van der Waals surface area contributed by atoms with Crippen molar-refractivity contribution in [3.63, 3.8) is 0 Å². The summed E-state index contributed by atoms with van der Waals surface area (Å²) in [6.45, 7) is 0.317. The molecule has 0 spiro atoms. The number of nitrogens with one attached hydrogen (secondary N) is 2. The molecule has 1 amide bonds. The van der Waals surface area contributed by atoms with Gasteiger partial charge in [0.05, 0.1) is 15.5 Å². The fraction of sp³-hybridized carbons (Fsp3) is 0.158. The molecule has 1 heterocycles. The number of imidazole rings is 1. The van der Waals surface area contributed by atoms with E-state index in [4.69, 9.17) is 16.3 Å². The molecule has 29 heavy (non-hydrogen) atoms. The first kappa shape index (κ1) is 20.8. The third-order valence-corrected chi connectivity index (χ3v) is 5.90. The normalized spacial score (nSPS) is 11.3. The third-order valence-electron chi connectivity index (χ3n) is 4.16. The standard InChI is InChI=1S/C19H19ClN4O4S/c1-21-29(26,27)15-7-8-17(20)16(11-15)19(25)23-13-3-5-14(6-4-13)28-12-18-22-9-10-24(18)2/h3-11,21H,12H2,1-2H3,(H,23,25). The SMILES string of the molecule is CNS(=O)(=O)c1ccc(Cl)c(C(=O)Nc2ccc(OCc3nccn3C)cc2)c1. The Morgan fingerprint density at radius 3 is 2.55 bits per heavy atom. The molecule has 0 bridgehead atoms. The third kappa shape index (κ3) is 4.94. The molecule has 0 radical (unpaired) electrons. The number of carbonyl (C=O) groups is 1. The maximum absolute atomic E-state index is 12.6. The minimum Gasteiger partial charge on any atom is -0.486 e. The van der Waals surface area contributed by atoms with E-state index in [1.807, 2.05) is 17.8 Å². The molecule has 3 rings (SSSR count). The summed E-state index contributed by atoms with van der Waals surface area (Å²) < 4.78 is 33.6. The summed E-state index contributed by atoms with van der Waals surface area (Å²) in [7, 11) is -0.516. The number of sulfonamides is 1. The molecule has 0 saturated heterocycles. The van der Waals surface area contributed by atoms with Crippen LogP contribution in [0.15, 0.2) is 59.8 Å². The molecule has 0 fully saturated rings. The zero-order chi connectivity index (χ0) is 21.0. The van der Waals surface area contributed by atoms with E-state index in [9.17, 15) is 13.2 Å². The van der Waals surface area contributed by atoms with Gasteiger partial charge in [0.2, 0.25) is 10.0 Å². The highest BCUT2D eigenvalue weighted by atomic mass is 35.5. The monoisotopic (exact) mass is 434 g/mol. The van der Waals surface area contributed by atoms with E-state index in [0.717, 1.165) is 5.82 Å². The van der Waals surface area contributed by atoms with Gasteiger partial charge in [-0.1, -0.05) is 11.6 Å². The van der Waals surface area contributed by atoms with Gasteiger partial charge in [0.15, 0.2) is 0 Å². The Hall–Kier alpha value is -2.88. The van der Waals surface area contributed by atoms with Gasteiger partial charge in [0.1, 0.15) is 18.2 Å². The van der Waals surface area contributed by atoms with Crippen molar-refractivity contribution in [2.45, 2.75) is 11.5 Å². The topological polar surface area (TPSA) is 102 Å². The van der Waals surface area contributed by atoms with Crippen LogP contribution in [0.4, 0.5) is 5.69 Å². The molecule has 0 unspecified atom stereocenters. The van der Waals surface area contributed by atoms with Crippen LogP contribution in [0, 0.1) is 0 Å². The Bertz CT molecular complexity index is 1130. The first-order valence-electron chi connectivity index (χ1n) is 8.53. The maximum atomic E-state index is 12.6. The summed E-state index contributed by atoms with van der Waals surface area (Å²) in [6, 6.07) is 10.7. The number of aryl methyl sites for hydroxylation is 1. The van der Waals surface area contributed by atoms with Crippen molar-refractivity contribution >= 4 is 33.2 Å². The maximum Gasteiger partial charge on any atom is 0.257 e. The number of nitrogens with zero attached hydrogens (tertiary/aromatic N) is 2. The van der Waals surface area contributed by atoms with Gasteiger partial charge in [-0.05, 0) is 49.5 Å². The Labute approximate surface area is 173 Å². The number of hydrogen-bond donors (Lipinski definition) is 2. The molecule has 0 aliphatic carbocycles. The van der Waals surface area contributed by atoms with Crippen LogP contribution in [-0.4, -0.2) is 30.9 Å².